The number of carbonyl (C=O) groups is 1. The highest BCUT2D eigenvalue weighted by atomic mass is 79.9. The standard InChI is InChI=1S/C23H25BrN2O/c1-13-9-17-18(10-14(13)2)26-22(15-5-7-16(24)8-6-15)21-19(25-17)11-23(3,4)12-20(21)27/h5-11,21-22,25-26H,12H2,1-4H3/t21-,22-/m0/s1. The van der Waals surface area contributed by atoms with Gasteiger partial charge in [-0.15, -0.1) is 0 Å². The minimum atomic E-state index is -0.216. The lowest BCUT2D eigenvalue weighted by Gasteiger charge is -2.35. The number of nitrogens with one attached hydrogen (secondary N) is 2. The number of Topliss-reactive ketones (excluding diaryl/α,β-unsaturated/α-hetero) is 1. The lowest BCUT2D eigenvalue weighted by molar-refractivity contribution is -0.124. The van der Waals surface area contributed by atoms with Crippen molar-refractivity contribution in [2.75, 3.05) is 10.6 Å². The predicted molar refractivity (Wildman–Crippen MR) is 115 cm³/mol. The van der Waals surface area contributed by atoms with Crippen molar-refractivity contribution in [3.63, 3.8) is 0 Å². The largest absolute Gasteiger partial charge is 0.375 e. The maximum absolute atomic E-state index is 13.2. The molecule has 0 radical (unpaired) electrons. The van der Waals surface area contributed by atoms with Crippen molar-refractivity contribution in [2.45, 2.75) is 40.2 Å². The number of hydrogen-bond acceptors (Lipinski definition) is 3. The van der Waals surface area contributed by atoms with Gasteiger partial charge in [-0.2, -0.15) is 0 Å². The maximum atomic E-state index is 13.2. The van der Waals surface area contributed by atoms with Gasteiger partial charge in [0.25, 0.3) is 0 Å². The van der Waals surface area contributed by atoms with Gasteiger partial charge in [-0.1, -0.05) is 48.0 Å². The Balaban J connectivity index is 1.89. The summed E-state index contributed by atoms with van der Waals surface area (Å²) in [5.41, 5.74) is 6.57. The third-order valence-electron chi connectivity index (χ3n) is 5.64. The summed E-state index contributed by atoms with van der Waals surface area (Å²) in [6.07, 6.45) is 2.81. The van der Waals surface area contributed by atoms with Gasteiger partial charge in [-0.25, -0.2) is 0 Å². The topological polar surface area (TPSA) is 41.1 Å². The Kier molecular flexibility index (Phi) is 4.42. The Bertz CT molecular complexity index is 944. The van der Waals surface area contributed by atoms with E-state index < -0.39 is 0 Å². The maximum Gasteiger partial charge on any atom is 0.145 e. The van der Waals surface area contributed by atoms with E-state index in [1.54, 1.807) is 0 Å². The summed E-state index contributed by atoms with van der Waals surface area (Å²) in [6.45, 7) is 8.50. The van der Waals surface area contributed by atoms with Gasteiger partial charge in [0.05, 0.1) is 23.3 Å². The van der Waals surface area contributed by atoms with Crippen LogP contribution in [0.1, 0.15) is 43.0 Å². The first kappa shape index (κ1) is 18.3. The number of carbonyl (C=O) groups excluding carboxylic acids is 1. The van der Waals surface area contributed by atoms with Gasteiger partial charge in [-0.3, -0.25) is 4.79 Å². The molecule has 2 aromatic rings. The number of fused-ring (bicyclic) bond motifs is 2. The van der Waals surface area contributed by atoms with Crippen molar-refractivity contribution in [2.24, 2.45) is 11.3 Å². The average molecular weight is 425 g/mol. The number of ketones is 1. The van der Waals surface area contributed by atoms with Crippen LogP contribution in [0.25, 0.3) is 0 Å². The number of allylic oxidation sites excluding steroid dienone is 1. The Hall–Kier alpha value is -2.07. The van der Waals surface area contributed by atoms with Gasteiger partial charge in [0, 0.05) is 16.6 Å². The summed E-state index contributed by atoms with van der Waals surface area (Å²) in [5.74, 6) is 0.0684. The van der Waals surface area contributed by atoms with Gasteiger partial charge < -0.3 is 10.6 Å². The van der Waals surface area contributed by atoms with Crippen LogP contribution in [0.5, 0.6) is 0 Å². The highest BCUT2D eigenvalue weighted by molar-refractivity contribution is 9.10. The highest BCUT2D eigenvalue weighted by Crippen LogP contribution is 2.45. The van der Waals surface area contributed by atoms with Crippen LogP contribution < -0.4 is 10.6 Å². The summed E-state index contributed by atoms with van der Waals surface area (Å²) < 4.78 is 1.04. The summed E-state index contributed by atoms with van der Waals surface area (Å²) in [6, 6.07) is 12.5. The molecule has 2 aromatic carbocycles. The van der Waals surface area contributed by atoms with E-state index in [2.05, 4.69) is 84.6 Å². The van der Waals surface area contributed by atoms with Gasteiger partial charge in [0.1, 0.15) is 5.78 Å². The quantitative estimate of drug-likeness (QED) is 0.576. The monoisotopic (exact) mass is 424 g/mol. The molecule has 3 nitrogen and oxygen atoms in total. The van der Waals surface area contributed by atoms with E-state index in [0.29, 0.717) is 6.42 Å². The van der Waals surface area contributed by atoms with Gasteiger partial charge >= 0.3 is 0 Å². The van der Waals surface area contributed by atoms with Crippen LogP contribution in [0.3, 0.4) is 0 Å². The lowest BCUT2D eigenvalue weighted by Crippen LogP contribution is -2.36. The first-order valence-corrected chi connectivity index (χ1v) is 10.2. The van der Waals surface area contributed by atoms with Crippen LogP contribution in [0, 0.1) is 25.2 Å². The number of hydrogen-bond donors (Lipinski definition) is 2. The van der Waals surface area contributed by atoms with Crippen molar-refractivity contribution in [3.05, 3.63) is 69.3 Å². The number of halogens is 1. The molecule has 4 rings (SSSR count). The van der Waals surface area contributed by atoms with E-state index in [1.165, 1.54) is 11.1 Å². The van der Waals surface area contributed by atoms with Gasteiger partial charge in [-0.05, 0) is 60.2 Å². The van der Waals surface area contributed by atoms with E-state index in [4.69, 9.17) is 0 Å². The first-order valence-electron chi connectivity index (χ1n) is 9.39. The number of aryl methyl sites for hydroxylation is 2. The number of rotatable bonds is 1. The molecule has 2 aliphatic rings. The predicted octanol–water partition coefficient (Wildman–Crippen LogP) is 6.14. The summed E-state index contributed by atoms with van der Waals surface area (Å²) in [7, 11) is 0. The smallest absolute Gasteiger partial charge is 0.145 e. The fourth-order valence-electron chi connectivity index (χ4n) is 4.16. The molecule has 0 bridgehead atoms. The SMILES string of the molecule is Cc1cc2c(cc1C)N[C@@H](c1ccc(Br)cc1)[C@@H]1C(=O)CC(C)(C)C=C1N2. The molecule has 0 aromatic heterocycles. The van der Waals surface area contributed by atoms with E-state index in [-0.39, 0.29) is 23.2 Å². The summed E-state index contributed by atoms with van der Waals surface area (Å²) in [4.78, 5) is 13.2. The zero-order valence-corrected chi connectivity index (χ0v) is 17.8. The molecule has 0 amide bonds. The molecule has 1 aliphatic heterocycles. The average Bonchev–Trinajstić information content (AvgIpc) is 2.71. The van der Waals surface area contributed by atoms with Crippen molar-refractivity contribution >= 4 is 33.1 Å². The minimum Gasteiger partial charge on any atom is -0.375 e. The van der Waals surface area contributed by atoms with Crippen LogP contribution in [-0.4, -0.2) is 5.78 Å². The van der Waals surface area contributed by atoms with Crippen molar-refractivity contribution in [1.82, 2.24) is 0 Å². The Morgan fingerprint density at radius 2 is 1.67 bits per heavy atom. The van der Waals surface area contributed by atoms with Crippen LogP contribution in [0.2, 0.25) is 0 Å². The minimum absolute atomic E-state index is 0.0937. The summed E-state index contributed by atoms with van der Waals surface area (Å²) >= 11 is 3.51. The van der Waals surface area contributed by atoms with Crippen LogP contribution >= 0.6 is 15.9 Å². The van der Waals surface area contributed by atoms with Crippen LogP contribution in [0.4, 0.5) is 11.4 Å². The molecule has 4 heteroatoms. The lowest BCUT2D eigenvalue weighted by atomic mass is 9.72. The highest BCUT2D eigenvalue weighted by Gasteiger charge is 2.41. The zero-order chi connectivity index (χ0) is 19.3. The molecule has 0 unspecified atom stereocenters. The van der Waals surface area contributed by atoms with Crippen LogP contribution in [-0.2, 0) is 4.79 Å². The molecule has 1 aliphatic carbocycles. The van der Waals surface area contributed by atoms with Crippen molar-refractivity contribution < 1.29 is 4.79 Å². The molecule has 2 N–H and O–H groups in total. The fourth-order valence-corrected chi connectivity index (χ4v) is 4.43. The molecule has 2 atom stereocenters. The molecule has 0 saturated carbocycles. The molecule has 0 spiro atoms. The van der Waals surface area contributed by atoms with E-state index in [9.17, 15) is 4.79 Å². The molecular formula is C23H25BrN2O. The third kappa shape index (κ3) is 3.43. The van der Waals surface area contributed by atoms with Crippen LogP contribution in [0.15, 0.2) is 52.6 Å². The Labute approximate surface area is 169 Å². The fraction of sp³-hybridized carbons (Fsp3) is 0.348. The molecular weight excluding hydrogens is 400 g/mol. The normalized spacial score (nSPS) is 23.3. The second-order valence-corrected chi connectivity index (χ2v) is 9.41. The Morgan fingerprint density at radius 1 is 1.04 bits per heavy atom. The van der Waals surface area contributed by atoms with E-state index in [1.807, 2.05) is 12.1 Å². The second kappa shape index (κ2) is 6.52. The summed E-state index contributed by atoms with van der Waals surface area (Å²) in [5, 5.41) is 7.28. The molecule has 1 heterocycles. The molecule has 140 valence electrons. The van der Waals surface area contributed by atoms with Crippen molar-refractivity contribution in [1.29, 1.82) is 0 Å². The van der Waals surface area contributed by atoms with Crippen molar-refractivity contribution in [3.8, 4) is 0 Å². The first-order chi connectivity index (χ1) is 12.7. The molecule has 27 heavy (non-hydrogen) atoms. The van der Waals surface area contributed by atoms with Gasteiger partial charge in [0.2, 0.25) is 0 Å². The zero-order valence-electron chi connectivity index (χ0n) is 16.2. The molecule has 0 fully saturated rings. The third-order valence-corrected chi connectivity index (χ3v) is 6.17. The van der Waals surface area contributed by atoms with Gasteiger partial charge in [0.15, 0.2) is 0 Å². The van der Waals surface area contributed by atoms with E-state index >= 15 is 0 Å². The number of benzene rings is 2. The second-order valence-electron chi connectivity index (χ2n) is 8.49. The Morgan fingerprint density at radius 3 is 2.33 bits per heavy atom. The van der Waals surface area contributed by atoms with E-state index in [0.717, 1.165) is 27.1 Å². The molecule has 0 saturated heterocycles. The number of anilines is 2.